The number of amides is 2. The minimum absolute atomic E-state index is 0.0262. The second-order valence-corrected chi connectivity index (χ2v) is 10.9. The number of benzene rings is 2. The number of nitrogens with zero attached hydrogens (tertiary/aromatic N) is 2. The third-order valence-corrected chi connectivity index (χ3v) is 7.66. The normalized spacial score (nSPS) is 17.5. The Balaban J connectivity index is 1.73. The van der Waals surface area contributed by atoms with Gasteiger partial charge in [0.2, 0.25) is 0 Å². The number of methoxy groups -OCH3 is 1. The van der Waals surface area contributed by atoms with Gasteiger partial charge in [0.1, 0.15) is 11.6 Å². The van der Waals surface area contributed by atoms with E-state index < -0.39 is 5.82 Å². The average Bonchev–Trinajstić information content (AvgIpc) is 3.47. The van der Waals surface area contributed by atoms with Gasteiger partial charge in [0.15, 0.2) is 0 Å². The number of rotatable bonds is 10. The van der Waals surface area contributed by atoms with Gasteiger partial charge < -0.3 is 24.6 Å². The summed E-state index contributed by atoms with van der Waals surface area (Å²) >= 11 is 0. The van der Waals surface area contributed by atoms with Crippen LogP contribution in [0.1, 0.15) is 72.2 Å². The average molecular weight is 540 g/mol. The summed E-state index contributed by atoms with van der Waals surface area (Å²) in [5, 5.41) is 3.41. The lowest BCUT2D eigenvalue weighted by atomic mass is 9.95. The molecule has 2 heterocycles. The van der Waals surface area contributed by atoms with Crippen LogP contribution in [-0.4, -0.2) is 80.2 Å². The first-order valence-corrected chi connectivity index (χ1v) is 14.2. The van der Waals surface area contributed by atoms with Crippen molar-refractivity contribution in [3.05, 3.63) is 52.8 Å². The molecule has 7 nitrogen and oxygen atoms in total. The standard InChI is InChI=1S/C31H42FN3O4/c1-21(2)35(24-9-7-12-33-20-24)31(37)25-19-29(39-16-8-15-38-4)27(17-22(25)3)26-18-23(10-11-28(26)32)30(36)34-13-5-6-14-34/h10-11,17-19,21,24,33H,5-9,12-16,20H2,1-4H3. The molecule has 2 saturated heterocycles. The van der Waals surface area contributed by atoms with Gasteiger partial charge in [-0.25, -0.2) is 4.39 Å². The third-order valence-electron chi connectivity index (χ3n) is 7.66. The van der Waals surface area contributed by atoms with Crippen molar-refractivity contribution in [2.45, 2.75) is 65.0 Å². The second kappa shape index (κ2) is 13.4. The molecule has 2 aromatic rings. The predicted molar refractivity (Wildman–Crippen MR) is 151 cm³/mol. The zero-order chi connectivity index (χ0) is 27.9. The molecule has 1 atom stereocenters. The minimum atomic E-state index is -0.440. The Labute approximate surface area is 231 Å². The van der Waals surface area contributed by atoms with Crippen LogP contribution in [0, 0.1) is 12.7 Å². The van der Waals surface area contributed by atoms with E-state index in [2.05, 4.69) is 5.32 Å². The fourth-order valence-corrected chi connectivity index (χ4v) is 5.63. The number of carbonyl (C=O) groups excluding carboxylic acids is 2. The topological polar surface area (TPSA) is 71.1 Å². The number of likely N-dealkylation sites (tertiary alicyclic amines) is 1. The maximum absolute atomic E-state index is 15.3. The quantitative estimate of drug-likeness (QED) is 0.428. The van der Waals surface area contributed by atoms with E-state index in [0.29, 0.717) is 47.6 Å². The number of aryl methyl sites for hydroxylation is 1. The molecule has 2 fully saturated rings. The van der Waals surface area contributed by atoms with Crippen LogP contribution in [0.3, 0.4) is 0 Å². The van der Waals surface area contributed by atoms with Gasteiger partial charge in [0.05, 0.1) is 6.61 Å². The van der Waals surface area contributed by atoms with Crippen LogP contribution in [0.4, 0.5) is 4.39 Å². The van der Waals surface area contributed by atoms with Gasteiger partial charge in [-0.3, -0.25) is 9.59 Å². The van der Waals surface area contributed by atoms with Crippen molar-refractivity contribution in [2.24, 2.45) is 0 Å². The summed E-state index contributed by atoms with van der Waals surface area (Å²) in [4.78, 5) is 30.8. The monoisotopic (exact) mass is 539 g/mol. The van der Waals surface area contributed by atoms with Crippen LogP contribution >= 0.6 is 0 Å². The Morgan fingerprint density at radius 3 is 2.54 bits per heavy atom. The smallest absolute Gasteiger partial charge is 0.254 e. The molecule has 0 spiro atoms. The van der Waals surface area contributed by atoms with E-state index in [9.17, 15) is 9.59 Å². The largest absolute Gasteiger partial charge is 0.493 e. The molecule has 2 amide bonds. The van der Waals surface area contributed by atoms with Gasteiger partial charge in [0, 0.05) is 74.1 Å². The zero-order valence-electron chi connectivity index (χ0n) is 23.7. The first-order chi connectivity index (χ1) is 18.8. The fraction of sp³-hybridized carbons (Fsp3) is 0.548. The summed E-state index contributed by atoms with van der Waals surface area (Å²) in [7, 11) is 1.63. The van der Waals surface area contributed by atoms with E-state index in [1.165, 1.54) is 6.07 Å². The number of hydrogen-bond acceptors (Lipinski definition) is 5. The van der Waals surface area contributed by atoms with Gasteiger partial charge >= 0.3 is 0 Å². The lowest BCUT2D eigenvalue weighted by molar-refractivity contribution is 0.0572. The highest BCUT2D eigenvalue weighted by atomic mass is 19.1. The molecular weight excluding hydrogens is 497 g/mol. The van der Waals surface area contributed by atoms with Crippen LogP contribution in [0.5, 0.6) is 5.75 Å². The highest BCUT2D eigenvalue weighted by molar-refractivity contribution is 5.98. The summed E-state index contributed by atoms with van der Waals surface area (Å²) in [6.07, 6.45) is 4.60. The SMILES string of the molecule is COCCCOc1cc(C(=O)N(C(C)C)C2CCCNC2)c(C)cc1-c1cc(C(=O)N2CCCC2)ccc1F. The molecule has 2 aromatic carbocycles. The molecule has 0 radical (unpaired) electrons. The van der Waals surface area contributed by atoms with E-state index in [4.69, 9.17) is 9.47 Å². The molecule has 0 saturated carbocycles. The van der Waals surface area contributed by atoms with Gasteiger partial charge in [-0.15, -0.1) is 0 Å². The first-order valence-electron chi connectivity index (χ1n) is 14.2. The molecule has 39 heavy (non-hydrogen) atoms. The van der Waals surface area contributed by atoms with Crippen molar-refractivity contribution >= 4 is 11.8 Å². The maximum Gasteiger partial charge on any atom is 0.254 e. The van der Waals surface area contributed by atoms with Gasteiger partial charge in [0.25, 0.3) is 11.8 Å². The predicted octanol–water partition coefficient (Wildman–Crippen LogP) is 5.06. The first kappa shape index (κ1) is 29.0. The summed E-state index contributed by atoms with van der Waals surface area (Å²) in [5.74, 6) is -0.156. The van der Waals surface area contributed by atoms with Crippen LogP contribution in [0.2, 0.25) is 0 Å². The Bertz CT molecular complexity index is 1160. The molecule has 8 heteroatoms. The molecule has 0 aliphatic carbocycles. The van der Waals surface area contributed by atoms with Crippen LogP contribution in [0.15, 0.2) is 30.3 Å². The minimum Gasteiger partial charge on any atom is -0.493 e. The lowest BCUT2D eigenvalue weighted by Gasteiger charge is -2.38. The molecule has 1 unspecified atom stereocenters. The van der Waals surface area contributed by atoms with Gasteiger partial charge in [-0.2, -0.15) is 0 Å². The van der Waals surface area contributed by atoms with E-state index in [1.807, 2.05) is 36.6 Å². The van der Waals surface area contributed by atoms with Crippen molar-refractivity contribution < 1.29 is 23.5 Å². The van der Waals surface area contributed by atoms with E-state index in [-0.39, 0.29) is 23.9 Å². The zero-order valence-corrected chi connectivity index (χ0v) is 23.7. The molecule has 0 bridgehead atoms. The highest BCUT2D eigenvalue weighted by Crippen LogP contribution is 2.36. The van der Waals surface area contributed by atoms with E-state index >= 15 is 4.39 Å². The molecule has 2 aliphatic rings. The van der Waals surface area contributed by atoms with Gasteiger partial charge in [-0.1, -0.05) is 0 Å². The maximum atomic E-state index is 15.3. The van der Waals surface area contributed by atoms with Gasteiger partial charge in [-0.05, 0) is 88.9 Å². The third kappa shape index (κ3) is 6.79. The Kier molecular flexibility index (Phi) is 9.97. The number of carbonyl (C=O) groups is 2. The van der Waals surface area contributed by atoms with E-state index in [0.717, 1.165) is 57.4 Å². The van der Waals surface area contributed by atoms with Crippen molar-refractivity contribution in [2.75, 3.05) is 46.5 Å². The summed E-state index contributed by atoms with van der Waals surface area (Å²) in [6, 6.07) is 8.21. The number of piperidine rings is 1. The summed E-state index contributed by atoms with van der Waals surface area (Å²) in [6.45, 7) is 10.0. The fourth-order valence-electron chi connectivity index (χ4n) is 5.63. The number of nitrogens with one attached hydrogen (secondary N) is 1. The Hall–Kier alpha value is -2.97. The van der Waals surface area contributed by atoms with Crippen LogP contribution < -0.4 is 10.1 Å². The molecule has 4 rings (SSSR count). The Morgan fingerprint density at radius 1 is 1.10 bits per heavy atom. The molecule has 1 N–H and O–H groups in total. The molecular formula is C31H42FN3O4. The summed E-state index contributed by atoms with van der Waals surface area (Å²) in [5.41, 5.74) is 2.56. The molecule has 0 aromatic heterocycles. The van der Waals surface area contributed by atoms with Crippen molar-refractivity contribution in [3.8, 4) is 16.9 Å². The summed E-state index contributed by atoms with van der Waals surface area (Å²) < 4.78 is 26.6. The lowest BCUT2D eigenvalue weighted by Crippen LogP contribution is -2.51. The van der Waals surface area contributed by atoms with Crippen molar-refractivity contribution in [3.63, 3.8) is 0 Å². The van der Waals surface area contributed by atoms with Crippen LogP contribution in [-0.2, 0) is 4.74 Å². The second-order valence-electron chi connectivity index (χ2n) is 10.9. The Morgan fingerprint density at radius 2 is 1.87 bits per heavy atom. The highest BCUT2D eigenvalue weighted by Gasteiger charge is 2.30. The van der Waals surface area contributed by atoms with Crippen LogP contribution in [0.25, 0.3) is 11.1 Å². The molecule has 2 aliphatic heterocycles. The van der Waals surface area contributed by atoms with E-state index in [1.54, 1.807) is 25.3 Å². The van der Waals surface area contributed by atoms with Crippen molar-refractivity contribution in [1.29, 1.82) is 0 Å². The number of halogens is 1. The molecule has 212 valence electrons. The number of ether oxygens (including phenoxy) is 2. The van der Waals surface area contributed by atoms with Crippen molar-refractivity contribution in [1.82, 2.24) is 15.1 Å². The number of hydrogen-bond donors (Lipinski definition) is 1.